The normalized spacial score (nSPS) is 23.3. The lowest BCUT2D eigenvalue weighted by Gasteiger charge is -2.14. The van der Waals surface area contributed by atoms with Gasteiger partial charge in [0.25, 0.3) is 5.91 Å². The molecule has 5 heteroatoms. The van der Waals surface area contributed by atoms with E-state index in [0.717, 1.165) is 6.54 Å². The SMILES string of the molecule is CC(=O)C(=O)NC1CNCCOC1. The first-order chi connectivity index (χ1) is 6.20. The number of hydrogen-bond donors (Lipinski definition) is 2. The molecule has 0 aromatic rings. The molecule has 1 amide bonds. The van der Waals surface area contributed by atoms with Crippen molar-refractivity contribution in [3.8, 4) is 0 Å². The Morgan fingerprint density at radius 2 is 2.31 bits per heavy atom. The van der Waals surface area contributed by atoms with Crippen molar-refractivity contribution in [1.82, 2.24) is 10.6 Å². The van der Waals surface area contributed by atoms with Crippen LogP contribution in [-0.2, 0) is 14.3 Å². The first-order valence-electron chi connectivity index (χ1n) is 4.30. The van der Waals surface area contributed by atoms with Gasteiger partial charge in [-0.15, -0.1) is 0 Å². The van der Waals surface area contributed by atoms with Gasteiger partial charge in [0.05, 0.1) is 19.3 Å². The Kier molecular flexibility index (Phi) is 3.85. The molecule has 0 spiro atoms. The molecule has 5 nitrogen and oxygen atoms in total. The molecule has 1 atom stereocenters. The molecule has 13 heavy (non-hydrogen) atoms. The summed E-state index contributed by atoms with van der Waals surface area (Å²) in [6, 6.07) is -0.0982. The topological polar surface area (TPSA) is 67.4 Å². The zero-order valence-electron chi connectivity index (χ0n) is 7.63. The minimum atomic E-state index is -0.544. The summed E-state index contributed by atoms with van der Waals surface area (Å²) in [6.45, 7) is 3.80. The highest BCUT2D eigenvalue weighted by atomic mass is 16.5. The zero-order valence-corrected chi connectivity index (χ0v) is 7.63. The zero-order chi connectivity index (χ0) is 9.68. The number of amides is 1. The highest BCUT2D eigenvalue weighted by molar-refractivity contribution is 6.35. The van der Waals surface area contributed by atoms with Gasteiger partial charge in [0.2, 0.25) is 5.78 Å². The second kappa shape index (κ2) is 4.94. The van der Waals surface area contributed by atoms with E-state index in [1.165, 1.54) is 6.92 Å². The van der Waals surface area contributed by atoms with Gasteiger partial charge in [0, 0.05) is 20.0 Å². The molecule has 0 aliphatic carbocycles. The van der Waals surface area contributed by atoms with E-state index in [9.17, 15) is 9.59 Å². The molecule has 1 fully saturated rings. The fourth-order valence-electron chi connectivity index (χ4n) is 1.08. The Morgan fingerprint density at radius 3 is 3.00 bits per heavy atom. The van der Waals surface area contributed by atoms with Crippen molar-refractivity contribution in [2.24, 2.45) is 0 Å². The molecule has 1 aliphatic heterocycles. The van der Waals surface area contributed by atoms with Crippen LogP contribution >= 0.6 is 0 Å². The predicted molar refractivity (Wildman–Crippen MR) is 46.3 cm³/mol. The van der Waals surface area contributed by atoms with Crippen LogP contribution in [0, 0.1) is 0 Å². The Morgan fingerprint density at radius 1 is 1.54 bits per heavy atom. The maximum atomic E-state index is 11.0. The molecule has 1 saturated heterocycles. The number of nitrogens with one attached hydrogen (secondary N) is 2. The van der Waals surface area contributed by atoms with E-state index in [2.05, 4.69) is 10.6 Å². The summed E-state index contributed by atoms with van der Waals surface area (Å²) >= 11 is 0. The maximum absolute atomic E-state index is 11.0. The molecule has 2 N–H and O–H groups in total. The molecule has 0 radical (unpaired) electrons. The predicted octanol–water partition coefficient (Wildman–Crippen LogP) is -1.32. The molecule has 0 saturated carbocycles. The molecule has 1 heterocycles. The van der Waals surface area contributed by atoms with E-state index in [1.807, 2.05) is 0 Å². The van der Waals surface area contributed by atoms with Gasteiger partial charge in [-0.3, -0.25) is 9.59 Å². The van der Waals surface area contributed by atoms with E-state index in [0.29, 0.717) is 19.8 Å². The van der Waals surface area contributed by atoms with Crippen LogP contribution in [0.5, 0.6) is 0 Å². The van der Waals surface area contributed by atoms with Crippen LogP contribution in [0.15, 0.2) is 0 Å². The first-order valence-corrected chi connectivity index (χ1v) is 4.30. The number of hydrogen-bond acceptors (Lipinski definition) is 4. The summed E-state index contributed by atoms with van der Waals surface area (Å²) in [5, 5.41) is 5.67. The van der Waals surface area contributed by atoms with Crippen LogP contribution in [-0.4, -0.2) is 44.0 Å². The number of rotatable bonds is 2. The van der Waals surface area contributed by atoms with E-state index >= 15 is 0 Å². The minimum absolute atomic E-state index is 0.0982. The van der Waals surface area contributed by atoms with Gasteiger partial charge in [-0.2, -0.15) is 0 Å². The first kappa shape index (κ1) is 10.1. The van der Waals surface area contributed by atoms with Crippen LogP contribution in [0.3, 0.4) is 0 Å². The molecule has 74 valence electrons. The van der Waals surface area contributed by atoms with Gasteiger partial charge >= 0.3 is 0 Å². The van der Waals surface area contributed by atoms with E-state index in [1.54, 1.807) is 0 Å². The highest BCUT2D eigenvalue weighted by Gasteiger charge is 2.16. The average molecular weight is 186 g/mol. The lowest BCUT2D eigenvalue weighted by atomic mass is 10.3. The standard InChI is InChI=1S/C8H14N2O3/c1-6(11)8(12)10-7-4-9-2-3-13-5-7/h7,9H,2-5H2,1H3,(H,10,12). The number of ether oxygens (including phenoxy) is 1. The molecule has 0 aromatic heterocycles. The van der Waals surface area contributed by atoms with Gasteiger partial charge < -0.3 is 15.4 Å². The third-order valence-electron chi connectivity index (χ3n) is 1.79. The van der Waals surface area contributed by atoms with Crippen molar-refractivity contribution in [2.45, 2.75) is 13.0 Å². The molecule has 1 rings (SSSR count). The van der Waals surface area contributed by atoms with Gasteiger partial charge in [0.15, 0.2) is 0 Å². The monoisotopic (exact) mass is 186 g/mol. The van der Waals surface area contributed by atoms with Crippen LogP contribution in [0.1, 0.15) is 6.92 Å². The van der Waals surface area contributed by atoms with Gasteiger partial charge in [-0.05, 0) is 0 Å². The second-order valence-electron chi connectivity index (χ2n) is 3.01. The Balaban J connectivity index is 2.33. The van der Waals surface area contributed by atoms with Gasteiger partial charge in [-0.25, -0.2) is 0 Å². The lowest BCUT2D eigenvalue weighted by molar-refractivity contribution is -0.137. The number of carbonyl (C=O) groups is 2. The van der Waals surface area contributed by atoms with Crippen LogP contribution < -0.4 is 10.6 Å². The summed E-state index contributed by atoms with van der Waals surface area (Å²) in [5.41, 5.74) is 0. The fourth-order valence-corrected chi connectivity index (χ4v) is 1.08. The molecule has 0 bridgehead atoms. The van der Waals surface area contributed by atoms with Crippen LogP contribution in [0.2, 0.25) is 0 Å². The fraction of sp³-hybridized carbons (Fsp3) is 0.750. The van der Waals surface area contributed by atoms with Crippen molar-refractivity contribution in [3.05, 3.63) is 0 Å². The van der Waals surface area contributed by atoms with Crippen molar-refractivity contribution in [3.63, 3.8) is 0 Å². The van der Waals surface area contributed by atoms with Gasteiger partial charge in [-0.1, -0.05) is 0 Å². The Bertz CT molecular complexity index is 198. The minimum Gasteiger partial charge on any atom is -0.378 e. The molecule has 1 aliphatic rings. The summed E-state index contributed by atoms with van der Waals surface area (Å²) < 4.78 is 5.20. The summed E-state index contributed by atoms with van der Waals surface area (Å²) in [7, 11) is 0. The highest BCUT2D eigenvalue weighted by Crippen LogP contribution is 1.89. The molecular formula is C8H14N2O3. The third-order valence-corrected chi connectivity index (χ3v) is 1.79. The lowest BCUT2D eigenvalue weighted by Crippen LogP contribution is -2.45. The van der Waals surface area contributed by atoms with Crippen molar-refractivity contribution < 1.29 is 14.3 Å². The quantitative estimate of drug-likeness (QED) is 0.525. The molecular weight excluding hydrogens is 172 g/mol. The van der Waals surface area contributed by atoms with Crippen LogP contribution in [0.4, 0.5) is 0 Å². The van der Waals surface area contributed by atoms with Crippen LogP contribution in [0.25, 0.3) is 0 Å². The summed E-state index contributed by atoms with van der Waals surface area (Å²) in [4.78, 5) is 21.6. The van der Waals surface area contributed by atoms with Crippen molar-refractivity contribution in [2.75, 3.05) is 26.3 Å². The Hall–Kier alpha value is -0.940. The van der Waals surface area contributed by atoms with Crippen molar-refractivity contribution in [1.29, 1.82) is 0 Å². The molecule has 0 aromatic carbocycles. The number of ketones is 1. The third kappa shape index (κ3) is 3.52. The molecule has 1 unspecified atom stereocenters. The number of Topliss-reactive ketones (excluding diaryl/α,β-unsaturated/α-hetero) is 1. The number of carbonyl (C=O) groups excluding carboxylic acids is 2. The van der Waals surface area contributed by atoms with Gasteiger partial charge in [0.1, 0.15) is 0 Å². The average Bonchev–Trinajstić information content (AvgIpc) is 2.32. The maximum Gasteiger partial charge on any atom is 0.287 e. The Labute approximate surface area is 76.8 Å². The van der Waals surface area contributed by atoms with E-state index in [-0.39, 0.29) is 6.04 Å². The van der Waals surface area contributed by atoms with E-state index in [4.69, 9.17) is 4.74 Å². The van der Waals surface area contributed by atoms with E-state index < -0.39 is 11.7 Å². The smallest absolute Gasteiger partial charge is 0.287 e. The van der Waals surface area contributed by atoms with Crippen molar-refractivity contribution >= 4 is 11.7 Å². The summed E-state index contributed by atoms with van der Waals surface area (Å²) in [5.74, 6) is -1.01. The summed E-state index contributed by atoms with van der Waals surface area (Å²) in [6.07, 6.45) is 0. The largest absolute Gasteiger partial charge is 0.378 e. The second-order valence-corrected chi connectivity index (χ2v) is 3.01.